The molecule has 2 aromatic rings. The van der Waals surface area contributed by atoms with Crippen LogP contribution < -0.4 is 5.43 Å². The summed E-state index contributed by atoms with van der Waals surface area (Å²) in [6.07, 6.45) is 3.07. The van der Waals surface area contributed by atoms with Gasteiger partial charge in [-0.1, -0.05) is 13.3 Å². The molecular weight excluding hydrogens is 276 g/mol. The van der Waals surface area contributed by atoms with Crippen LogP contribution in [0.3, 0.4) is 0 Å². The highest BCUT2D eigenvalue weighted by Gasteiger charge is 2.13. The average molecular weight is 292 g/mol. The summed E-state index contributed by atoms with van der Waals surface area (Å²) in [5.41, 5.74) is -0.288. The van der Waals surface area contributed by atoms with Crippen LogP contribution in [0.4, 0.5) is 0 Å². The van der Waals surface area contributed by atoms with Gasteiger partial charge in [-0.3, -0.25) is 9.59 Å². The number of esters is 1. The number of carbonyl (C=O) groups excluding carboxylic acids is 1. The van der Waals surface area contributed by atoms with Gasteiger partial charge in [0.15, 0.2) is 0 Å². The molecule has 0 bridgehead atoms. The molecule has 0 aliphatic rings. The smallest absolute Gasteiger partial charge is 0.306 e. The lowest BCUT2D eigenvalue weighted by atomic mass is 10.1. The molecule has 2 rings (SSSR count). The molecule has 1 heterocycles. The molecule has 0 atom stereocenters. The van der Waals surface area contributed by atoms with Crippen molar-refractivity contribution < 1.29 is 24.2 Å². The Hall–Kier alpha value is -2.50. The fourth-order valence-electron chi connectivity index (χ4n) is 1.91. The number of phenolic OH excluding ortho intramolecular Hbond substituents is 2. The van der Waals surface area contributed by atoms with Crippen molar-refractivity contribution in [3.05, 3.63) is 34.2 Å². The molecule has 6 nitrogen and oxygen atoms in total. The molecule has 0 unspecified atom stereocenters. The number of aromatic hydroxyl groups is 2. The van der Waals surface area contributed by atoms with Gasteiger partial charge in [-0.25, -0.2) is 0 Å². The van der Waals surface area contributed by atoms with Crippen LogP contribution in [0, 0.1) is 0 Å². The minimum Gasteiger partial charge on any atom is -0.508 e. The van der Waals surface area contributed by atoms with Crippen LogP contribution in [-0.2, 0) is 16.1 Å². The molecule has 0 aliphatic carbocycles. The first-order chi connectivity index (χ1) is 10.0. The Morgan fingerprint density at radius 3 is 2.81 bits per heavy atom. The summed E-state index contributed by atoms with van der Waals surface area (Å²) in [6.45, 7) is 1.75. The van der Waals surface area contributed by atoms with Crippen molar-refractivity contribution in [1.82, 2.24) is 0 Å². The monoisotopic (exact) mass is 292 g/mol. The quantitative estimate of drug-likeness (QED) is 0.821. The van der Waals surface area contributed by atoms with Crippen LogP contribution in [0.15, 0.2) is 27.6 Å². The molecule has 0 saturated heterocycles. The van der Waals surface area contributed by atoms with Gasteiger partial charge in [0.1, 0.15) is 35.3 Å². The number of hydrogen-bond acceptors (Lipinski definition) is 6. The Morgan fingerprint density at radius 2 is 2.10 bits per heavy atom. The van der Waals surface area contributed by atoms with Gasteiger partial charge in [-0.15, -0.1) is 0 Å². The molecular formula is C15H16O6. The van der Waals surface area contributed by atoms with E-state index in [0.29, 0.717) is 6.42 Å². The second-order valence-electron chi connectivity index (χ2n) is 4.69. The molecule has 2 N–H and O–H groups in total. The Balaban J connectivity index is 2.24. The van der Waals surface area contributed by atoms with E-state index in [1.165, 1.54) is 6.07 Å². The Labute approximate surface area is 120 Å². The second-order valence-corrected chi connectivity index (χ2v) is 4.69. The molecule has 0 saturated carbocycles. The van der Waals surface area contributed by atoms with Crippen LogP contribution in [0.5, 0.6) is 11.5 Å². The third-order valence-electron chi connectivity index (χ3n) is 3.04. The maximum Gasteiger partial charge on any atom is 0.306 e. The first-order valence-electron chi connectivity index (χ1n) is 6.65. The summed E-state index contributed by atoms with van der Waals surface area (Å²) in [5.74, 6) is -0.967. The lowest BCUT2D eigenvalue weighted by molar-refractivity contribution is -0.145. The molecule has 6 heteroatoms. The van der Waals surface area contributed by atoms with E-state index in [9.17, 15) is 19.8 Å². The number of hydrogen-bond donors (Lipinski definition) is 2. The third-order valence-corrected chi connectivity index (χ3v) is 3.04. The van der Waals surface area contributed by atoms with E-state index in [4.69, 9.17) is 9.15 Å². The van der Waals surface area contributed by atoms with Crippen LogP contribution in [0.25, 0.3) is 11.0 Å². The zero-order valence-electron chi connectivity index (χ0n) is 11.6. The van der Waals surface area contributed by atoms with Crippen LogP contribution in [0.1, 0.15) is 31.7 Å². The molecule has 21 heavy (non-hydrogen) atoms. The highest BCUT2D eigenvalue weighted by atomic mass is 16.5. The Kier molecular flexibility index (Phi) is 4.47. The fourth-order valence-corrected chi connectivity index (χ4v) is 1.91. The van der Waals surface area contributed by atoms with Gasteiger partial charge in [0.2, 0.25) is 5.43 Å². The maximum absolute atomic E-state index is 12.2. The van der Waals surface area contributed by atoms with Gasteiger partial charge in [-0.05, 0) is 6.42 Å². The molecule has 0 spiro atoms. The first kappa shape index (κ1) is 14.9. The number of unbranched alkanes of at least 4 members (excludes halogenated alkanes) is 1. The third kappa shape index (κ3) is 3.34. The summed E-state index contributed by atoms with van der Waals surface area (Å²) >= 11 is 0. The van der Waals surface area contributed by atoms with E-state index < -0.39 is 5.43 Å². The normalized spacial score (nSPS) is 10.7. The number of ether oxygens (including phenoxy) is 1. The molecule has 0 amide bonds. The molecule has 1 aromatic heterocycles. The lowest BCUT2D eigenvalue weighted by Crippen LogP contribution is -2.13. The van der Waals surface area contributed by atoms with E-state index >= 15 is 0 Å². The fraction of sp³-hybridized carbons (Fsp3) is 0.333. The number of phenols is 2. The van der Waals surface area contributed by atoms with Crippen molar-refractivity contribution in [2.45, 2.75) is 32.8 Å². The molecule has 1 aromatic carbocycles. The van der Waals surface area contributed by atoms with Gasteiger partial charge in [-0.2, -0.15) is 0 Å². The van der Waals surface area contributed by atoms with Crippen LogP contribution in [0.2, 0.25) is 0 Å². The lowest BCUT2D eigenvalue weighted by Gasteiger charge is -2.06. The summed E-state index contributed by atoms with van der Waals surface area (Å²) in [5, 5.41) is 19.0. The van der Waals surface area contributed by atoms with Gasteiger partial charge in [0, 0.05) is 18.6 Å². The van der Waals surface area contributed by atoms with E-state index in [-0.39, 0.29) is 40.6 Å². The van der Waals surface area contributed by atoms with Gasteiger partial charge < -0.3 is 19.4 Å². The molecule has 0 aliphatic heterocycles. The summed E-state index contributed by atoms with van der Waals surface area (Å²) in [7, 11) is 0. The maximum atomic E-state index is 12.2. The van der Waals surface area contributed by atoms with Gasteiger partial charge >= 0.3 is 5.97 Å². The zero-order valence-corrected chi connectivity index (χ0v) is 11.6. The average Bonchev–Trinajstić information content (AvgIpc) is 2.43. The predicted octanol–water partition coefficient (Wildman–Crippen LogP) is 2.44. The van der Waals surface area contributed by atoms with E-state index in [0.717, 1.165) is 25.2 Å². The van der Waals surface area contributed by atoms with Crippen molar-refractivity contribution in [3.8, 4) is 11.5 Å². The number of carbonyl (C=O) groups is 1. The minimum atomic E-state index is -0.489. The molecule has 112 valence electrons. The van der Waals surface area contributed by atoms with Crippen molar-refractivity contribution in [3.63, 3.8) is 0 Å². The van der Waals surface area contributed by atoms with Gasteiger partial charge in [0.05, 0.1) is 5.56 Å². The van der Waals surface area contributed by atoms with E-state index in [1.807, 2.05) is 6.92 Å². The minimum absolute atomic E-state index is 0.0464. The van der Waals surface area contributed by atoms with Gasteiger partial charge in [0.25, 0.3) is 0 Å². The summed E-state index contributed by atoms with van der Waals surface area (Å²) in [6, 6.07) is 2.28. The molecule has 0 radical (unpaired) electrons. The van der Waals surface area contributed by atoms with Crippen molar-refractivity contribution in [1.29, 1.82) is 0 Å². The first-order valence-corrected chi connectivity index (χ1v) is 6.65. The van der Waals surface area contributed by atoms with Crippen LogP contribution in [-0.4, -0.2) is 16.2 Å². The molecule has 0 fully saturated rings. The standard InChI is InChI=1S/C15H16O6/c1-2-3-4-13(18)21-8-9-7-20-12-6-10(16)5-11(17)14(12)15(9)19/h5-7,16-17H,2-4,8H2,1H3. The summed E-state index contributed by atoms with van der Waals surface area (Å²) < 4.78 is 10.2. The number of benzene rings is 1. The van der Waals surface area contributed by atoms with Crippen molar-refractivity contribution in [2.75, 3.05) is 0 Å². The number of fused-ring (bicyclic) bond motifs is 1. The zero-order chi connectivity index (χ0) is 15.4. The SMILES string of the molecule is CCCCC(=O)OCc1coc2cc(O)cc(O)c2c1=O. The Bertz CT molecular complexity index is 716. The van der Waals surface area contributed by atoms with Crippen molar-refractivity contribution >= 4 is 16.9 Å². The second kappa shape index (κ2) is 6.30. The predicted molar refractivity (Wildman–Crippen MR) is 75.1 cm³/mol. The topological polar surface area (TPSA) is 97.0 Å². The van der Waals surface area contributed by atoms with E-state index in [1.54, 1.807) is 0 Å². The highest BCUT2D eigenvalue weighted by Crippen LogP contribution is 2.27. The Morgan fingerprint density at radius 1 is 1.33 bits per heavy atom. The van der Waals surface area contributed by atoms with Crippen LogP contribution >= 0.6 is 0 Å². The van der Waals surface area contributed by atoms with Crippen molar-refractivity contribution in [2.24, 2.45) is 0 Å². The number of rotatable bonds is 5. The summed E-state index contributed by atoms with van der Waals surface area (Å²) in [4.78, 5) is 23.6. The van der Waals surface area contributed by atoms with E-state index in [2.05, 4.69) is 0 Å². The largest absolute Gasteiger partial charge is 0.508 e. The highest BCUT2D eigenvalue weighted by molar-refractivity contribution is 5.84.